The molecule has 0 atom stereocenters. The van der Waals surface area contributed by atoms with Crippen LogP contribution in [0.15, 0.2) is 42.5 Å². The molecule has 1 aliphatic heterocycles. The summed E-state index contributed by atoms with van der Waals surface area (Å²) in [6, 6.07) is 13.3. The number of nitrogens with one attached hydrogen (secondary N) is 2. The number of carbonyl (C=O) groups is 1. The molecule has 0 radical (unpaired) electrons. The molecule has 2 amide bonds. The lowest BCUT2D eigenvalue weighted by atomic mass is 10.1. The minimum atomic E-state index is -0.222. The third-order valence-corrected chi connectivity index (χ3v) is 3.75. The molecule has 2 aromatic carbocycles. The van der Waals surface area contributed by atoms with Crippen LogP contribution in [0.4, 0.5) is 4.79 Å². The van der Waals surface area contributed by atoms with Gasteiger partial charge in [-0.2, -0.15) is 0 Å². The minimum absolute atomic E-state index is 0.222. The predicted octanol–water partition coefficient (Wildman–Crippen LogP) is 2.56. The second kappa shape index (κ2) is 7.70. The Morgan fingerprint density at radius 2 is 1.79 bits per heavy atom. The fourth-order valence-electron chi connectivity index (χ4n) is 2.50. The summed E-state index contributed by atoms with van der Waals surface area (Å²) >= 11 is 0. The van der Waals surface area contributed by atoms with Crippen molar-refractivity contribution in [3.63, 3.8) is 0 Å². The van der Waals surface area contributed by atoms with Gasteiger partial charge in [0.05, 0.1) is 6.61 Å². The number of rotatable bonds is 6. The summed E-state index contributed by atoms with van der Waals surface area (Å²) in [6.45, 7) is 1.64. The van der Waals surface area contributed by atoms with E-state index in [2.05, 4.69) is 10.6 Å². The summed E-state index contributed by atoms with van der Waals surface area (Å²) in [5, 5.41) is 5.69. The molecule has 0 spiro atoms. The minimum Gasteiger partial charge on any atom is -0.454 e. The number of fused-ring (bicyclic) bond motifs is 1. The van der Waals surface area contributed by atoms with Crippen LogP contribution in [0.5, 0.6) is 11.5 Å². The predicted molar refractivity (Wildman–Crippen MR) is 88.8 cm³/mol. The van der Waals surface area contributed by atoms with Gasteiger partial charge in [-0.15, -0.1) is 0 Å². The SMILES string of the molecule is COCc1ccccc1CNC(=O)NCc1ccc2c(c1)OCO2. The molecule has 6 heteroatoms. The fraction of sp³-hybridized carbons (Fsp3) is 0.278. The summed E-state index contributed by atoms with van der Waals surface area (Å²) in [4.78, 5) is 12.0. The van der Waals surface area contributed by atoms with Crippen molar-refractivity contribution in [2.24, 2.45) is 0 Å². The normalized spacial score (nSPS) is 12.0. The Labute approximate surface area is 140 Å². The molecule has 2 N–H and O–H groups in total. The molecule has 0 fully saturated rings. The first-order valence-electron chi connectivity index (χ1n) is 7.72. The van der Waals surface area contributed by atoms with Crippen LogP contribution in [-0.4, -0.2) is 19.9 Å². The van der Waals surface area contributed by atoms with Gasteiger partial charge in [-0.1, -0.05) is 30.3 Å². The molecule has 24 heavy (non-hydrogen) atoms. The average molecular weight is 328 g/mol. The van der Waals surface area contributed by atoms with Gasteiger partial charge in [0.15, 0.2) is 11.5 Å². The van der Waals surface area contributed by atoms with Crippen molar-refractivity contribution in [3.8, 4) is 11.5 Å². The Bertz CT molecular complexity index is 718. The van der Waals surface area contributed by atoms with Crippen LogP contribution < -0.4 is 20.1 Å². The Morgan fingerprint density at radius 1 is 1.04 bits per heavy atom. The van der Waals surface area contributed by atoms with E-state index in [0.29, 0.717) is 25.4 Å². The number of benzene rings is 2. The van der Waals surface area contributed by atoms with Crippen molar-refractivity contribution in [3.05, 3.63) is 59.2 Å². The smallest absolute Gasteiger partial charge is 0.315 e. The van der Waals surface area contributed by atoms with E-state index in [9.17, 15) is 4.79 Å². The molecule has 6 nitrogen and oxygen atoms in total. The molecule has 2 aromatic rings. The van der Waals surface area contributed by atoms with Crippen molar-refractivity contribution in [2.75, 3.05) is 13.9 Å². The highest BCUT2D eigenvalue weighted by molar-refractivity contribution is 5.73. The first-order chi connectivity index (χ1) is 11.8. The van der Waals surface area contributed by atoms with Gasteiger partial charge >= 0.3 is 6.03 Å². The molecule has 0 saturated carbocycles. The van der Waals surface area contributed by atoms with E-state index >= 15 is 0 Å². The molecule has 1 heterocycles. The highest BCUT2D eigenvalue weighted by Crippen LogP contribution is 2.32. The standard InChI is InChI=1S/C18H20N2O4/c1-22-11-15-5-3-2-4-14(15)10-20-18(21)19-9-13-6-7-16-17(8-13)24-12-23-16/h2-8H,9-12H2,1H3,(H2,19,20,21). The number of ether oxygens (including phenoxy) is 3. The fourth-order valence-corrected chi connectivity index (χ4v) is 2.50. The van der Waals surface area contributed by atoms with Crippen LogP contribution in [0.1, 0.15) is 16.7 Å². The molecule has 0 unspecified atom stereocenters. The molecular formula is C18H20N2O4. The lowest BCUT2D eigenvalue weighted by Crippen LogP contribution is -2.34. The molecule has 126 valence electrons. The van der Waals surface area contributed by atoms with Gasteiger partial charge in [0.1, 0.15) is 0 Å². The van der Waals surface area contributed by atoms with Gasteiger partial charge in [-0.3, -0.25) is 0 Å². The average Bonchev–Trinajstić information content (AvgIpc) is 3.07. The topological polar surface area (TPSA) is 68.8 Å². The lowest BCUT2D eigenvalue weighted by molar-refractivity contribution is 0.174. The van der Waals surface area contributed by atoms with E-state index < -0.39 is 0 Å². The molecule has 1 aliphatic rings. The van der Waals surface area contributed by atoms with Crippen LogP contribution in [-0.2, 0) is 24.4 Å². The van der Waals surface area contributed by atoms with Crippen molar-refractivity contribution < 1.29 is 19.0 Å². The second-order valence-corrected chi connectivity index (χ2v) is 5.43. The molecule has 0 saturated heterocycles. The monoisotopic (exact) mass is 328 g/mol. The molecule has 0 bridgehead atoms. The quantitative estimate of drug-likeness (QED) is 0.855. The van der Waals surface area contributed by atoms with Crippen molar-refractivity contribution in [1.82, 2.24) is 10.6 Å². The highest BCUT2D eigenvalue weighted by Gasteiger charge is 2.13. The van der Waals surface area contributed by atoms with Gasteiger partial charge in [0.25, 0.3) is 0 Å². The zero-order valence-electron chi connectivity index (χ0n) is 13.5. The van der Waals surface area contributed by atoms with Crippen LogP contribution in [0.25, 0.3) is 0 Å². The molecule has 0 aliphatic carbocycles. The van der Waals surface area contributed by atoms with E-state index in [1.165, 1.54) is 0 Å². The molecular weight excluding hydrogens is 308 g/mol. The van der Waals surface area contributed by atoms with Crippen LogP contribution in [0, 0.1) is 0 Å². The number of urea groups is 1. The zero-order chi connectivity index (χ0) is 16.8. The van der Waals surface area contributed by atoms with Gasteiger partial charge in [-0.25, -0.2) is 4.79 Å². The molecule has 0 aromatic heterocycles. The first kappa shape index (κ1) is 16.1. The Hall–Kier alpha value is -2.73. The van der Waals surface area contributed by atoms with Crippen LogP contribution in [0.3, 0.4) is 0 Å². The van der Waals surface area contributed by atoms with Gasteiger partial charge in [0.2, 0.25) is 6.79 Å². The van der Waals surface area contributed by atoms with E-state index in [4.69, 9.17) is 14.2 Å². The van der Waals surface area contributed by atoms with Gasteiger partial charge in [-0.05, 0) is 28.8 Å². The van der Waals surface area contributed by atoms with E-state index in [1.54, 1.807) is 7.11 Å². The molecule has 3 rings (SSSR count). The van der Waals surface area contributed by atoms with E-state index in [1.807, 2.05) is 42.5 Å². The van der Waals surface area contributed by atoms with E-state index in [0.717, 1.165) is 22.4 Å². The highest BCUT2D eigenvalue weighted by atomic mass is 16.7. The Kier molecular flexibility index (Phi) is 5.18. The number of hydrogen-bond acceptors (Lipinski definition) is 4. The number of hydrogen-bond donors (Lipinski definition) is 2. The summed E-state index contributed by atoms with van der Waals surface area (Å²) in [7, 11) is 1.66. The maximum absolute atomic E-state index is 12.0. The largest absolute Gasteiger partial charge is 0.454 e. The van der Waals surface area contributed by atoms with Gasteiger partial charge < -0.3 is 24.8 Å². The zero-order valence-corrected chi connectivity index (χ0v) is 13.5. The van der Waals surface area contributed by atoms with Crippen molar-refractivity contribution in [1.29, 1.82) is 0 Å². The Morgan fingerprint density at radius 3 is 2.62 bits per heavy atom. The number of carbonyl (C=O) groups excluding carboxylic acids is 1. The third kappa shape index (κ3) is 3.97. The third-order valence-electron chi connectivity index (χ3n) is 3.75. The summed E-state index contributed by atoms with van der Waals surface area (Å²) in [6.07, 6.45) is 0. The van der Waals surface area contributed by atoms with Crippen molar-refractivity contribution >= 4 is 6.03 Å². The van der Waals surface area contributed by atoms with Gasteiger partial charge in [0, 0.05) is 20.2 Å². The summed E-state index contributed by atoms with van der Waals surface area (Å²) in [5.74, 6) is 1.45. The summed E-state index contributed by atoms with van der Waals surface area (Å²) in [5.41, 5.74) is 3.06. The van der Waals surface area contributed by atoms with Crippen LogP contribution in [0.2, 0.25) is 0 Å². The Balaban J connectivity index is 1.49. The second-order valence-electron chi connectivity index (χ2n) is 5.43. The van der Waals surface area contributed by atoms with E-state index in [-0.39, 0.29) is 12.8 Å². The number of methoxy groups -OCH3 is 1. The maximum atomic E-state index is 12.0. The summed E-state index contributed by atoms with van der Waals surface area (Å²) < 4.78 is 15.8. The lowest BCUT2D eigenvalue weighted by Gasteiger charge is -2.11. The van der Waals surface area contributed by atoms with Crippen molar-refractivity contribution in [2.45, 2.75) is 19.7 Å². The van der Waals surface area contributed by atoms with Crippen LogP contribution >= 0.6 is 0 Å². The first-order valence-corrected chi connectivity index (χ1v) is 7.72. The maximum Gasteiger partial charge on any atom is 0.315 e. The number of amides is 2.